The SMILES string of the molecule is Cc1c(C(=O)NC2CCC(O)CC2)oc2c1ccc1ccccc12. The van der Waals surface area contributed by atoms with Crippen LogP contribution < -0.4 is 5.32 Å². The summed E-state index contributed by atoms with van der Waals surface area (Å²) in [5, 5.41) is 15.8. The molecular formula is C20H21NO3. The Labute approximate surface area is 140 Å². The minimum atomic E-state index is -0.225. The predicted octanol–water partition coefficient (Wildman–Crippen LogP) is 3.93. The third-order valence-electron chi connectivity index (χ3n) is 5.07. The van der Waals surface area contributed by atoms with Crippen LogP contribution >= 0.6 is 0 Å². The topological polar surface area (TPSA) is 62.5 Å². The van der Waals surface area contributed by atoms with Crippen LogP contribution in [0.15, 0.2) is 40.8 Å². The number of aliphatic hydroxyl groups is 1. The molecule has 0 bridgehead atoms. The molecule has 1 aliphatic carbocycles. The van der Waals surface area contributed by atoms with Crippen molar-refractivity contribution in [1.82, 2.24) is 5.32 Å². The first kappa shape index (κ1) is 15.2. The zero-order valence-electron chi connectivity index (χ0n) is 13.7. The van der Waals surface area contributed by atoms with E-state index in [2.05, 4.69) is 11.4 Å². The molecule has 0 aliphatic heterocycles. The Morgan fingerprint density at radius 1 is 1.08 bits per heavy atom. The van der Waals surface area contributed by atoms with Crippen LogP contribution in [0.25, 0.3) is 21.7 Å². The van der Waals surface area contributed by atoms with E-state index in [0.29, 0.717) is 5.76 Å². The van der Waals surface area contributed by atoms with Crippen LogP contribution in [0.5, 0.6) is 0 Å². The summed E-state index contributed by atoms with van der Waals surface area (Å²) in [6.07, 6.45) is 2.89. The van der Waals surface area contributed by atoms with E-state index < -0.39 is 0 Å². The van der Waals surface area contributed by atoms with Crippen molar-refractivity contribution in [3.05, 3.63) is 47.7 Å². The van der Waals surface area contributed by atoms with Crippen molar-refractivity contribution in [2.75, 3.05) is 0 Å². The van der Waals surface area contributed by atoms with E-state index in [0.717, 1.165) is 53.0 Å². The number of fused-ring (bicyclic) bond motifs is 3. The lowest BCUT2D eigenvalue weighted by atomic mass is 9.93. The van der Waals surface area contributed by atoms with Gasteiger partial charge in [-0.25, -0.2) is 0 Å². The first-order chi connectivity index (χ1) is 11.6. The lowest BCUT2D eigenvalue weighted by molar-refractivity contribution is 0.0844. The lowest BCUT2D eigenvalue weighted by Gasteiger charge is -2.25. The average Bonchev–Trinajstić information content (AvgIpc) is 2.94. The van der Waals surface area contributed by atoms with Crippen molar-refractivity contribution in [2.24, 2.45) is 0 Å². The maximum absolute atomic E-state index is 12.7. The highest BCUT2D eigenvalue weighted by atomic mass is 16.3. The molecule has 2 aromatic carbocycles. The Balaban J connectivity index is 1.67. The van der Waals surface area contributed by atoms with Gasteiger partial charge in [0, 0.05) is 22.4 Å². The molecule has 0 unspecified atom stereocenters. The van der Waals surface area contributed by atoms with E-state index >= 15 is 0 Å². The third-order valence-corrected chi connectivity index (χ3v) is 5.07. The molecule has 1 saturated carbocycles. The van der Waals surface area contributed by atoms with Gasteiger partial charge in [0.25, 0.3) is 5.91 Å². The molecule has 1 amide bonds. The minimum Gasteiger partial charge on any atom is -0.450 e. The number of aryl methyl sites for hydroxylation is 1. The first-order valence-corrected chi connectivity index (χ1v) is 8.53. The summed E-state index contributed by atoms with van der Waals surface area (Å²) in [6.45, 7) is 1.93. The fraction of sp³-hybridized carbons (Fsp3) is 0.350. The monoisotopic (exact) mass is 323 g/mol. The van der Waals surface area contributed by atoms with Gasteiger partial charge in [0.2, 0.25) is 0 Å². The molecule has 124 valence electrons. The van der Waals surface area contributed by atoms with Crippen LogP contribution in [-0.4, -0.2) is 23.2 Å². The summed E-state index contributed by atoms with van der Waals surface area (Å²) < 4.78 is 5.98. The molecule has 2 N–H and O–H groups in total. The summed E-state index contributed by atoms with van der Waals surface area (Å²) in [5.74, 6) is 0.238. The molecule has 0 radical (unpaired) electrons. The fourth-order valence-corrected chi connectivity index (χ4v) is 3.64. The molecule has 1 fully saturated rings. The van der Waals surface area contributed by atoms with Crippen LogP contribution in [-0.2, 0) is 0 Å². The molecular weight excluding hydrogens is 302 g/mol. The molecule has 4 nitrogen and oxygen atoms in total. The zero-order valence-corrected chi connectivity index (χ0v) is 13.7. The molecule has 24 heavy (non-hydrogen) atoms. The molecule has 1 aliphatic rings. The van der Waals surface area contributed by atoms with Crippen molar-refractivity contribution in [2.45, 2.75) is 44.8 Å². The van der Waals surface area contributed by atoms with Crippen LogP contribution in [0.3, 0.4) is 0 Å². The highest BCUT2D eigenvalue weighted by Gasteiger charge is 2.24. The molecule has 4 rings (SSSR count). The van der Waals surface area contributed by atoms with E-state index in [1.165, 1.54) is 0 Å². The quantitative estimate of drug-likeness (QED) is 0.751. The fourth-order valence-electron chi connectivity index (χ4n) is 3.64. The Morgan fingerprint density at radius 3 is 2.62 bits per heavy atom. The van der Waals surface area contributed by atoms with Crippen molar-refractivity contribution in [3.8, 4) is 0 Å². The number of benzene rings is 2. The Hall–Kier alpha value is -2.33. The van der Waals surface area contributed by atoms with Gasteiger partial charge in [-0.3, -0.25) is 4.79 Å². The van der Waals surface area contributed by atoms with Gasteiger partial charge >= 0.3 is 0 Å². The number of furan rings is 1. The second kappa shape index (κ2) is 5.95. The standard InChI is InChI=1S/C20H21NO3/c1-12-16-11-6-13-4-2-3-5-17(13)19(16)24-18(12)20(23)21-14-7-9-15(22)10-8-14/h2-6,11,14-15,22H,7-10H2,1H3,(H,21,23). The number of hydrogen-bond acceptors (Lipinski definition) is 3. The maximum Gasteiger partial charge on any atom is 0.287 e. The summed E-state index contributed by atoms with van der Waals surface area (Å²) in [5.41, 5.74) is 1.65. The Kier molecular flexibility index (Phi) is 3.77. The number of carbonyl (C=O) groups is 1. The average molecular weight is 323 g/mol. The predicted molar refractivity (Wildman–Crippen MR) is 94.2 cm³/mol. The van der Waals surface area contributed by atoms with Crippen molar-refractivity contribution < 1.29 is 14.3 Å². The number of carbonyl (C=O) groups excluding carboxylic acids is 1. The van der Waals surface area contributed by atoms with Crippen molar-refractivity contribution in [3.63, 3.8) is 0 Å². The van der Waals surface area contributed by atoms with E-state index in [9.17, 15) is 9.90 Å². The van der Waals surface area contributed by atoms with Gasteiger partial charge < -0.3 is 14.8 Å². The van der Waals surface area contributed by atoms with Crippen LogP contribution in [0, 0.1) is 6.92 Å². The van der Waals surface area contributed by atoms with E-state index in [1.54, 1.807) is 0 Å². The number of nitrogens with one attached hydrogen (secondary N) is 1. The molecule has 0 saturated heterocycles. The third kappa shape index (κ3) is 2.57. The van der Waals surface area contributed by atoms with Crippen LogP contribution in [0.2, 0.25) is 0 Å². The molecule has 1 aromatic heterocycles. The normalized spacial score (nSPS) is 21.2. The van der Waals surface area contributed by atoms with Gasteiger partial charge in [-0.1, -0.05) is 36.4 Å². The van der Waals surface area contributed by atoms with Crippen LogP contribution in [0.4, 0.5) is 0 Å². The molecule has 0 spiro atoms. The van der Waals surface area contributed by atoms with Gasteiger partial charge in [-0.15, -0.1) is 0 Å². The Bertz CT molecular complexity index is 904. The Morgan fingerprint density at radius 2 is 1.83 bits per heavy atom. The summed E-state index contributed by atoms with van der Waals surface area (Å²) in [4.78, 5) is 12.7. The first-order valence-electron chi connectivity index (χ1n) is 8.53. The lowest BCUT2D eigenvalue weighted by Crippen LogP contribution is -2.38. The zero-order chi connectivity index (χ0) is 16.7. The van der Waals surface area contributed by atoms with Gasteiger partial charge in [0.1, 0.15) is 5.58 Å². The highest BCUT2D eigenvalue weighted by molar-refractivity contribution is 6.08. The number of rotatable bonds is 2. The minimum absolute atomic E-state index is 0.116. The van der Waals surface area contributed by atoms with Gasteiger partial charge in [-0.2, -0.15) is 0 Å². The van der Waals surface area contributed by atoms with Gasteiger partial charge in [0.15, 0.2) is 5.76 Å². The van der Waals surface area contributed by atoms with E-state index in [4.69, 9.17) is 4.42 Å². The van der Waals surface area contributed by atoms with E-state index in [-0.39, 0.29) is 18.1 Å². The number of amides is 1. The summed E-state index contributed by atoms with van der Waals surface area (Å²) in [6, 6.07) is 12.2. The number of hydrogen-bond donors (Lipinski definition) is 2. The van der Waals surface area contributed by atoms with Gasteiger partial charge in [0.05, 0.1) is 6.10 Å². The second-order valence-electron chi connectivity index (χ2n) is 6.70. The summed E-state index contributed by atoms with van der Waals surface area (Å²) in [7, 11) is 0. The molecule has 4 heteroatoms. The molecule has 1 heterocycles. The second-order valence-corrected chi connectivity index (χ2v) is 6.70. The summed E-state index contributed by atoms with van der Waals surface area (Å²) >= 11 is 0. The number of aliphatic hydroxyl groups excluding tert-OH is 1. The molecule has 0 atom stereocenters. The highest BCUT2D eigenvalue weighted by Crippen LogP contribution is 2.32. The van der Waals surface area contributed by atoms with E-state index in [1.807, 2.05) is 37.3 Å². The van der Waals surface area contributed by atoms with Crippen LogP contribution in [0.1, 0.15) is 41.8 Å². The van der Waals surface area contributed by atoms with Crippen molar-refractivity contribution in [1.29, 1.82) is 0 Å². The largest absolute Gasteiger partial charge is 0.450 e. The van der Waals surface area contributed by atoms with Crippen molar-refractivity contribution >= 4 is 27.6 Å². The van der Waals surface area contributed by atoms with Gasteiger partial charge in [-0.05, 0) is 38.0 Å². The smallest absolute Gasteiger partial charge is 0.287 e. The maximum atomic E-state index is 12.7. The molecule has 3 aromatic rings.